The van der Waals surface area contributed by atoms with Crippen molar-refractivity contribution in [1.82, 2.24) is 15.0 Å². The van der Waals surface area contributed by atoms with Crippen molar-refractivity contribution < 1.29 is 14.6 Å². The summed E-state index contributed by atoms with van der Waals surface area (Å²) in [6.45, 7) is -0.0843. The molecule has 0 aliphatic rings. The largest absolute Gasteiger partial charge is 0.493 e. The highest BCUT2D eigenvalue weighted by Crippen LogP contribution is 2.31. The van der Waals surface area contributed by atoms with Gasteiger partial charge in [0.2, 0.25) is 11.2 Å². The number of nitrogens with zero attached hydrogens (tertiary/aromatic N) is 4. The maximum absolute atomic E-state index is 9.12. The van der Waals surface area contributed by atoms with Crippen LogP contribution < -0.4 is 14.4 Å². The van der Waals surface area contributed by atoms with E-state index in [1.54, 1.807) is 37.2 Å². The Balaban J connectivity index is 2.33. The predicted molar refractivity (Wildman–Crippen MR) is 78.2 cm³/mol. The minimum atomic E-state index is -0.0843. The number of hydrogen-bond acceptors (Lipinski definition) is 7. The zero-order chi connectivity index (χ0) is 15.4. The van der Waals surface area contributed by atoms with Crippen LogP contribution in [0.25, 0.3) is 0 Å². The van der Waals surface area contributed by atoms with Gasteiger partial charge in [0.1, 0.15) is 0 Å². The Bertz CT molecular complexity index is 637. The smallest absolute Gasteiger partial charge is 0.328 e. The molecule has 0 amide bonds. The van der Waals surface area contributed by atoms with E-state index in [2.05, 4.69) is 15.0 Å². The molecule has 2 aromatic rings. The topological polar surface area (TPSA) is 80.6 Å². The first kappa shape index (κ1) is 15.3. The fourth-order valence-corrected chi connectivity index (χ4v) is 1.71. The second-order valence-corrected chi connectivity index (χ2v) is 4.66. The van der Waals surface area contributed by atoms with E-state index in [1.165, 1.54) is 7.11 Å². The highest BCUT2D eigenvalue weighted by atomic mass is 35.5. The van der Waals surface area contributed by atoms with Crippen molar-refractivity contribution in [2.75, 3.05) is 26.1 Å². The molecular weight excluding hydrogens is 296 g/mol. The van der Waals surface area contributed by atoms with Gasteiger partial charge in [-0.15, -0.1) is 0 Å². The standard InChI is InChI=1S/C13H15ClN4O3/c1-18(2)12-15-11(14)16-13(17-12)21-9-5-4-8(7-19)6-10(9)20-3/h4-6,19H,7H2,1-3H3. The average molecular weight is 311 g/mol. The lowest BCUT2D eigenvalue weighted by Crippen LogP contribution is -2.13. The summed E-state index contributed by atoms with van der Waals surface area (Å²) in [7, 11) is 5.08. The summed E-state index contributed by atoms with van der Waals surface area (Å²) in [5.41, 5.74) is 0.710. The van der Waals surface area contributed by atoms with Crippen LogP contribution in [0.1, 0.15) is 5.56 Å². The van der Waals surface area contributed by atoms with Gasteiger partial charge in [0.05, 0.1) is 13.7 Å². The molecule has 1 N–H and O–H groups in total. The summed E-state index contributed by atoms with van der Waals surface area (Å²) >= 11 is 5.85. The molecule has 1 aromatic heterocycles. The van der Waals surface area contributed by atoms with E-state index in [0.29, 0.717) is 23.0 Å². The van der Waals surface area contributed by atoms with Crippen molar-refractivity contribution in [2.45, 2.75) is 6.61 Å². The molecule has 2 rings (SSSR count). The Kier molecular flexibility index (Phi) is 4.77. The number of methoxy groups -OCH3 is 1. The number of aliphatic hydroxyl groups is 1. The van der Waals surface area contributed by atoms with Crippen molar-refractivity contribution in [1.29, 1.82) is 0 Å². The van der Waals surface area contributed by atoms with Crippen LogP contribution in [-0.2, 0) is 6.61 Å². The minimum Gasteiger partial charge on any atom is -0.493 e. The van der Waals surface area contributed by atoms with Crippen LogP contribution in [0.4, 0.5) is 5.95 Å². The monoisotopic (exact) mass is 310 g/mol. The van der Waals surface area contributed by atoms with Gasteiger partial charge in [-0.1, -0.05) is 6.07 Å². The van der Waals surface area contributed by atoms with Crippen molar-refractivity contribution in [3.63, 3.8) is 0 Å². The zero-order valence-electron chi connectivity index (χ0n) is 11.9. The molecule has 0 aliphatic heterocycles. The third-order valence-corrected chi connectivity index (χ3v) is 2.76. The van der Waals surface area contributed by atoms with Crippen LogP contribution >= 0.6 is 11.6 Å². The summed E-state index contributed by atoms with van der Waals surface area (Å²) in [6, 6.07) is 5.12. The third kappa shape index (κ3) is 3.71. The molecule has 1 heterocycles. The fraction of sp³-hybridized carbons (Fsp3) is 0.308. The number of hydrogen-bond donors (Lipinski definition) is 1. The Labute approximate surface area is 127 Å². The van der Waals surface area contributed by atoms with Crippen LogP contribution in [0.5, 0.6) is 17.5 Å². The normalized spacial score (nSPS) is 10.3. The molecule has 0 bridgehead atoms. The third-order valence-electron chi connectivity index (χ3n) is 2.59. The molecule has 0 radical (unpaired) electrons. The lowest BCUT2D eigenvalue weighted by molar-refractivity contribution is 0.280. The SMILES string of the molecule is COc1cc(CO)ccc1Oc1nc(Cl)nc(N(C)C)n1. The van der Waals surface area contributed by atoms with Gasteiger partial charge in [-0.2, -0.15) is 15.0 Å². The van der Waals surface area contributed by atoms with Gasteiger partial charge in [-0.05, 0) is 29.3 Å². The van der Waals surface area contributed by atoms with E-state index in [9.17, 15) is 0 Å². The molecular formula is C13H15ClN4O3. The second-order valence-electron chi connectivity index (χ2n) is 4.33. The Morgan fingerprint density at radius 2 is 1.95 bits per heavy atom. The van der Waals surface area contributed by atoms with Gasteiger partial charge < -0.3 is 19.5 Å². The molecule has 21 heavy (non-hydrogen) atoms. The lowest BCUT2D eigenvalue weighted by Gasteiger charge is -2.13. The van der Waals surface area contributed by atoms with Crippen LogP contribution in [0.15, 0.2) is 18.2 Å². The Hall–Kier alpha value is -2.12. The molecule has 7 nitrogen and oxygen atoms in total. The molecule has 112 valence electrons. The number of aromatic nitrogens is 3. The number of benzene rings is 1. The average Bonchev–Trinajstić information content (AvgIpc) is 2.47. The zero-order valence-corrected chi connectivity index (χ0v) is 12.6. The fourth-order valence-electron chi connectivity index (χ4n) is 1.56. The Morgan fingerprint density at radius 3 is 2.57 bits per heavy atom. The summed E-state index contributed by atoms with van der Waals surface area (Å²) in [6.07, 6.45) is 0. The molecule has 0 spiro atoms. The Morgan fingerprint density at radius 1 is 1.19 bits per heavy atom. The minimum absolute atomic E-state index is 0.0367. The first-order valence-corrected chi connectivity index (χ1v) is 6.46. The van der Waals surface area contributed by atoms with Crippen molar-refractivity contribution in [2.24, 2.45) is 0 Å². The van der Waals surface area contributed by atoms with Gasteiger partial charge in [0.25, 0.3) is 0 Å². The lowest BCUT2D eigenvalue weighted by atomic mass is 10.2. The summed E-state index contributed by atoms with van der Waals surface area (Å²) < 4.78 is 10.8. The van der Waals surface area contributed by atoms with Gasteiger partial charge in [-0.3, -0.25) is 0 Å². The number of rotatable bonds is 5. The van der Waals surface area contributed by atoms with E-state index >= 15 is 0 Å². The molecule has 0 saturated carbocycles. The van der Waals surface area contributed by atoms with Gasteiger partial charge in [0.15, 0.2) is 11.5 Å². The number of halogens is 1. The second kappa shape index (κ2) is 6.55. The van der Waals surface area contributed by atoms with Gasteiger partial charge >= 0.3 is 6.01 Å². The van der Waals surface area contributed by atoms with E-state index in [-0.39, 0.29) is 17.9 Å². The molecule has 0 unspecified atom stereocenters. The number of aliphatic hydroxyl groups excluding tert-OH is 1. The van der Waals surface area contributed by atoms with Gasteiger partial charge in [-0.25, -0.2) is 0 Å². The van der Waals surface area contributed by atoms with Crippen molar-refractivity contribution in [3.05, 3.63) is 29.0 Å². The highest BCUT2D eigenvalue weighted by Gasteiger charge is 2.12. The first-order valence-electron chi connectivity index (χ1n) is 6.08. The maximum Gasteiger partial charge on any atom is 0.328 e. The first-order chi connectivity index (χ1) is 10.0. The molecule has 0 fully saturated rings. The highest BCUT2D eigenvalue weighted by molar-refractivity contribution is 6.28. The molecule has 8 heteroatoms. The van der Waals surface area contributed by atoms with E-state index in [1.807, 2.05) is 0 Å². The van der Waals surface area contributed by atoms with Crippen LogP contribution in [-0.4, -0.2) is 41.3 Å². The summed E-state index contributed by atoms with van der Waals surface area (Å²) in [5.74, 6) is 1.27. The van der Waals surface area contributed by atoms with Crippen LogP contribution in [0.3, 0.4) is 0 Å². The summed E-state index contributed by atoms with van der Waals surface area (Å²) in [4.78, 5) is 13.7. The quantitative estimate of drug-likeness (QED) is 0.903. The predicted octanol–water partition coefficient (Wildman–Crippen LogP) is 1.88. The molecule has 0 saturated heterocycles. The molecule has 0 atom stereocenters. The number of ether oxygens (including phenoxy) is 2. The van der Waals surface area contributed by atoms with E-state index in [0.717, 1.165) is 0 Å². The molecule has 0 aliphatic carbocycles. The van der Waals surface area contributed by atoms with Crippen LogP contribution in [0.2, 0.25) is 5.28 Å². The van der Waals surface area contributed by atoms with E-state index in [4.69, 9.17) is 26.2 Å². The van der Waals surface area contributed by atoms with Crippen LogP contribution in [0, 0.1) is 0 Å². The van der Waals surface area contributed by atoms with Crippen molar-refractivity contribution in [3.8, 4) is 17.5 Å². The summed E-state index contributed by atoms with van der Waals surface area (Å²) in [5, 5.41) is 9.16. The number of anilines is 1. The van der Waals surface area contributed by atoms with Gasteiger partial charge in [0, 0.05) is 14.1 Å². The molecule has 1 aromatic carbocycles. The van der Waals surface area contributed by atoms with E-state index < -0.39 is 0 Å². The van der Waals surface area contributed by atoms with Crippen molar-refractivity contribution >= 4 is 17.5 Å². The maximum atomic E-state index is 9.12.